The van der Waals surface area contributed by atoms with Gasteiger partial charge in [-0.25, -0.2) is 0 Å². The molecule has 1 aliphatic heterocycles. The first-order valence-electron chi connectivity index (χ1n) is 9.81. The molecule has 4 nitrogen and oxygen atoms in total. The maximum atomic E-state index is 12.3. The number of nitrogens with one attached hydrogen (secondary N) is 2. The van der Waals surface area contributed by atoms with Crippen LogP contribution in [-0.2, 0) is 0 Å². The van der Waals surface area contributed by atoms with Gasteiger partial charge >= 0.3 is 0 Å². The zero-order valence-electron chi connectivity index (χ0n) is 17.1. The highest BCUT2D eigenvalue weighted by molar-refractivity contribution is 8.15. The summed E-state index contributed by atoms with van der Waals surface area (Å²) in [5, 5.41) is 7.27. The number of rotatable bonds is 9. The first-order chi connectivity index (χ1) is 12.7. The summed E-state index contributed by atoms with van der Waals surface area (Å²) in [5.74, 6) is 3.03. The van der Waals surface area contributed by atoms with Gasteiger partial charge in [-0.05, 0) is 36.5 Å². The third kappa shape index (κ3) is 9.50. The predicted octanol–water partition coefficient (Wildman–Crippen LogP) is 5.13. The number of thioether (sulfide) groups is 3. The highest BCUT2D eigenvalue weighted by atomic mass is 32.2. The lowest BCUT2D eigenvalue weighted by molar-refractivity contribution is 0.0772. The molecule has 0 spiro atoms. The van der Waals surface area contributed by atoms with E-state index in [0.29, 0.717) is 11.8 Å². The number of hydrogen-bond acceptors (Lipinski definition) is 5. The minimum Gasteiger partial charge on any atom is -0.346 e. The van der Waals surface area contributed by atoms with Crippen molar-refractivity contribution in [2.45, 2.75) is 70.3 Å². The number of amides is 2. The largest absolute Gasteiger partial charge is 0.346 e. The molecule has 0 aromatic heterocycles. The van der Waals surface area contributed by atoms with Crippen molar-refractivity contribution in [3.8, 4) is 0 Å². The van der Waals surface area contributed by atoms with Crippen molar-refractivity contribution in [1.29, 1.82) is 0 Å². The molecule has 0 aromatic carbocycles. The van der Waals surface area contributed by atoms with Crippen LogP contribution in [0.15, 0.2) is 0 Å². The van der Waals surface area contributed by atoms with Crippen LogP contribution in [0, 0.1) is 10.8 Å². The fraction of sp³-hybridized carbons (Fsp3) is 0.895. The fourth-order valence-corrected chi connectivity index (χ4v) is 7.29. The van der Waals surface area contributed by atoms with Crippen LogP contribution in [0.5, 0.6) is 0 Å². The van der Waals surface area contributed by atoms with Crippen molar-refractivity contribution in [2.24, 2.45) is 10.8 Å². The Morgan fingerprint density at radius 3 is 2.59 bits per heavy atom. The average molecular weight is 447 g/mol. The molecule has 2 amide bonds. The lowest BCUT2D eigenvalue weighted by Gasteiger charge is -2.46. The quantitative estimate of drug-likeness (QED) is 0.292. The Bertz CT molecular complexity index is 517. The summed E-state index contributed by atoms with van der Waals surface area (Å²) in [6.45, 7) is 9.71. The van der Waals surface area contributed by atoms with Gasteiger partial charge in [-0.2, -0.15) is 11.8 Å². The molecule has 27 heavy (non-hydrogen) atoms. The molecule has 1 heterocycles. The first-order valence-corrected chi connectivity index (χ1v) is 14.5. The Kier molecular flexibility index (Phi) is 9.42. The molecule has 3 unspecified atom stereocenters. The molecule has 2 radical (unpaired) electrons. The summed E-state index contributed by atoms with van der Waals surface area (Å²) < 4.78 is 0. The van der Waals surface area contributed by atoms with Gasteiger partial charge in [-0.3, -0.25) is 9.59 Å². The molecule has 2 aliphatic rings. The molecule has 0 bridgehead atoms. The summed E-state index contributed by atoms with van der Waals surface area (Å²) in [6.07, 6.45) is 4.12. The van der Waals surface area contributed by atoms with Crippen LogP contribution >= 0.6 is 35.3 Å². The molecule has 8 heteroatoms. The van der Waals surface area contributed by atoms with E-state index in [9.17, 15) is 9.59 Å². The van der Waals surface area contributed by atoms with Crippen LogP contribution in [0.3, 0.4) is 0 Å². The first kappa shape index (κ1) is 23.5. The molecular weight excluding hydrogens is 413 g/mol. The third-order valence-corrected chi connectivity index (χ3v) is 8.92. The molecule has 154 valence electrons. The molecule has 1 aliphatic carbocycles. The molecule has 2 N–H and O–H groups in total. The zero-order valence-corrected chi connectivity index (χ0v) is 20.5. The van der Waals surface area contributed by atoms with Gasteiger partial charge in [0.15, 0.2) is 0 Å². The Morgan fingerprint density at radius 2 is 1.93 bits per heavy atom. The minimum absolute atomic E-state index is 0.0260. The lowest BCUT2D eigenvalue weighted by Crippen LogP contribution is -2.49. The Morgan fingerprint density at radius 1 is 1.19 bits per heavy atom. The summed E-state index contributed by atoms with van der Waals surface area (Å²) in [5.41, 5.74) is 0.194. The number of carbonyl (C=O) groups excluding carboxylic acids is 2. The topological polar surface area (TPSA) is 58.2 Å². The highest BCUT2D eigenvalue weighted by Crippen LogP contribution is 2.46. The summed E-state index contributed by atoms with van der Waals surface area (Å²) in [7, 11) is 0.968. The summed E-state index contributed by atoms with van der Waals surface area (Å²) >= 11 is 4.77. The van der Waals surface area contributed by atoms with Gasteiger partial charge in [-0.15, -0.1) is 0 Å². The van der Waals surface area contributed by atoms with E-state index in [1.54, 1.807) is 0 Å². The van der Waals surface area contributed by atoms with Crippen LogP contribution in [0.1, 0.15) is 46.5 Å². The molecule has 3 atom stereocenters. The summed E-state index contributed by atoms with van der Waals surface area (Å²) in [4.78, 5) is 24.4. The van der Waals surface area contributed by atoms with E-state index < -0.39 is 0 Å². The van der Waals surface area contributed by atoms with Crippen molar-refractivity contribution < 1.29 is 9.59 Å². The van der Waals surface area contributed by atoms with E-state index in [4.69, 9.17) is 0 Å². The smallest absolute Gasteiger partial charge is 0.279 e. The monoisotopic (exact) mass is 446 g/mol. The minimum atomic E-state index is 0.0260. The van der Waals surface area contributed by atoms with E-state index in [-0.39, 0.29) is 27.4 Å². The van der Waals surface area contributed by atoms with Crippen LogP contribution in [0.4, 0.5) is 9.59 Å². The molecule has 2 rings (SSSR count). The van der Waals surface area contributed by atoms with Crippen LogP contribution in [0.2, 0.25) is 12.6 Å². The zero-order chi connectivity index (χ0) is 19.9. The van der Waals surface area contributed by atoms with Crippen molar-refractivity contribution in [1.82, 2.24) is 10.6 Å². The molecule has 1 saturated carbocycles. The van der Waals surface area contributed by atoms with Gasteiger partial charge < -0.3 is 10.6 Å². The van der Waals surface area contributed by atoms with E-state index in [1.807, 2.05) is 11.8 Å². The second kappa shape index (κ2) is 10.8. The highest BCUT2D eigenvalue weighted by Gasteiger charge is 2.41. The molecule has 1 saturated heterocycles. The van der Waals surface area contributed by atoms with Gasteiger partial charge in [-0.1, -0.05) is 56.9 Å². The maximum Gasteiger partial charge on any atom is 0.279 e. The standard InChI is InChI=1S/C19H34N2O2S3Si/c1-18(2)8-14(21-17(23)24-6-5-7-27-4)9-19(3,12-18)13-20-16(22)26-11-15-10-25-15/h14-15H,5-13H2,1-4H3,(H,20,22)(H,21,23). The Labute approximate surface area is 180 Å². The third-order valence-electron chi connectivity index (χ3n) is 5.03. The molecule has 2 fully saturated rings. The maximum absolute atomic E-state index is 12.3. The number of hydrogen-bond donors (Lipinski definition) is 2. The lowest BCUT2D eigenvalue weighted by atomic mass is 9.62. The van der Waals surface area contributed by atoms with Gasteiger partial charge in [0.1, 0.15) is 0 Å². The van der Waals surface area contributed by atoms with Gasteiger partial charge in [0, 0.05) is 44.6 Å². The van der Waals surface area contributed by atoms with E-state index in [0.717, 1.165) is 46.7 Å². The van der Waals surface area contributed by atoms with Crippen LogP contribution in [-0.4, -0.2) is 55.1 Å². The fourth-order valence-electron chi connectivity index (χ4n) is 4.16. The molecular formula is C19H34N2O2S3Si. The Balaban J connectivity index is 1.79. The second-order valence-corrected chi connectivity index (χ2v) is 13.5. The van der Waals surface area contributed by atoms with Crippen molar-refractivity contribution in [3.05, 3.63) is 0 Å². The van der Waals surface area contributed by atoms with Gasteiger partial charge in [0.25, 0.3) is 10.5 Å². The van der Waals surface area contributed by atoms with Crippen LogP contribution < -0.4 is 10.6 Å². The van der Waals surface area contributed by atoms with Gasteiger partial charge in [0.05, 0.1) is 0 Å². The number of carbonyl (C=O) groups is 2. The second-order valence-electron chi connectivity index (χ2n) is 8.90. The van der Waals surface area contributed by atoms with Gasteiger partial charge in [0.2, 0.25) is 0 Å². The Hall–Kier alpha value is 0.207. The van der Waals surface area contributed by atoms with Crippen molar-refractivity contribution >= 4 is 55.3 Å². The molecule has 0 aromatic rings. The predicted molar refractivity (Wildman–Crippen MR) is 124 cm³/mol. The van der Waals surface area contributed by atoms with Crippen LogP contribution in [0.25, 0.3) is 0 Å². The van der Waals surface area contributed by atoms with Crippen molar-refractivity contribution in [3.63, 3.8) is 0 Å². The SMILES string of the molecule is C[Si]CCCSC(=O)NC1CC(C)(C)CC(C)(CNC(=O)SCC2CS2)C1. The van der Waals surface area contributed by atoms with E-state index in [2.05, 4.69) is 38.0 Å². The summed E-state index contributed by atoms with van der Waals surface area (Å²) in [6, 6.07) is 1.41. The van der Waals surface area contributed by atoms with E-state index in [1.165, 1.54) is 35.3 Å². The normalized spacial score (nSPS) is 29.2. The average Bonchev–Trinajstić information content (AvgIpc) is 3.37. The van der Waals surface area contributed by atoms with Crippen molar-refractivity contribution in [2.75, 3.05) is 23.8 Å². The van der Waals surface area contributed by atoms with E-state index >= 15 is 0 Å².